The second-order valence-electron chi connectivity index (χ2n) is 3.06. The number of nitrogens with one attached hydrogen (secondary N) is 1. The van der Waals surface area contributed by atoms with Crippen LogP contribution >= 0.6 is 0 Å². The lowest BCUT2D eigenvalue weighted by atomic mass is 10.1. The van der Waals surface area contributed by atoms with E-state index in [0.717, 1.165) is 17.9 Å². The van der Waals surface area contributed by atoms with E-state index in [-0.39, 0.29) is 6.10 Å². The summed E-state index contributed by atoms with van der Waals surface area (Å²) in [6.07, 6.45) is 0.103. The fraction of sp³-hybridized carbons (Fsp3) is 0.455. The Labute approximate surface area is 85.0 Å². The predicted molar refractivity (Wildman–Crippen MR) is 56.7 cm³/mol. The van der Waals surface area contributed by atoms with Gasteiger partial charge < -0.3 is 14.8 Å². The summed E-state index contributed by atoms with van der Waals surface area (Å²) in [6.45, 7) is 0.808. The molecule has 1 aromatic rings. The number of benzene rings is 1. The van der Waals surface area contributed by atoms with E-state index in [9.17, 15) is 0 Å². The van der Waals surface area contributed by atoms with Gasteiger partial charge in [0.15, 0.2) is 0 Å². The maximum atomic E-state index is 5.35. The fourth-order valence-electron chi connectivity index (χ4n) is 1.34. The van der Waals surface area contributed by atoms with Gasteiger partial charge in [-0.1, -0.05) is 12.1 Å². The molecule has 0 fully saturated rings. The Bertz CT molecular complexity index is 258. The molecular formula is C11H17NO2. The molecule has 3 heteroatoms. The van der Waals surface area contributed by atoms with E-state index in [4.69, 9.17) is 9.47 Å². The molecule has 0 heterocycles. The molecule has 0 aliphatic carbocycles. The summed E-state index contributed by atoms with van der Waals surface area (Å²) in [6, 6.07) is 7.92. The van der Waals surface area contributed by atoms with Gasteiger partial charge in [0, 0.05) is 13.7 Å². The van der Waals surface area contributed by atoms with Crippen LogP contribution in [0, 0.1) is 0 Å². The molecule has 78 valence electrons. The summed E-state index contributed by atoms with van der Waals surface area (Å²) in [5.41, 5.74) is 1.16. The van der Waals surface area contributed by atoms with Crippen LogP contribution in [0.3, 0.4) is 0 Å². The van der Waals surface area contributed by atoms with Crippen LogP contribution in [0.1, 0.15) is 11.7 Å². The molecule has 0 aromatic heterocycles. The van der Waals surface area contributed by atoms with Crippen LogP contribution in [0.2, 0.25) is 0 Å². The van der Waals surface area contributed by atoms with Crippen molar-refractivity contribution in [1.82, 2.24) is 5.32 Å². The fourth-order valence-corrected chi connectivity index (χ4v) is 1.34. The van der Waals surface area contributed by atoms with Gasteiger partial charge in [0.25, 0.3) is 0 Å². The maximum Gasteiger partial charge on any atom is 0.118 e. The summed E-state index contributed by atoms with van der Waals surface area (Å²) in [4.78, 5) is 0. The third kappa shape index (κ3) is 2.72. The quantitative estimate of drug-likeness (QED) is 0.774. The summed E-state index contributed by atoms with van der Waals surface area (Å²) < 4.78 is 10.4. The number of likely N-dealkylation sites (N-methyl/N-ethyl adjacent to an activating group) is 1. The molecule has 0 saturated carbocycles. The highest BCUT2D eigenvalue weighted by molar-refractivity contribution is 5.28. The molecule has 1 N–H and O–H groups in total. The topological polar surface area (TPSA) is 30.5 Å². The van der Waals surface area contributed by atoms with Crippen molar-refractivity contribution in [3.05, 3.63) is 29.8 Å². The number of rotatable bonds is 5. The average molecular weight is 195 g/mol. The third-order valence-electron chi connectivity index (χ3n) is 2.16. The van der Waals surface area contributed by atoms with Crippen LogP contribution in [0.15, 0.2) is 24.3 Å². The Morgan fingerprint density at radius 3 is 2.29 bits per heavy atom. The lowest BCUT2D eigenvalue weighted by Gasteiger charge is -2.15. The molecule has 0 radical (unpaired) electrons. The van der Waals surface area contributed by atoms with Crippen molar-refractivity contribution in [2.45, 2.75) is 6.10 Å². The van der Waals surface area contributed by atoms with Gasteiger partial charge >= 0.3 is 0 Å². The van der Waals surface area contributed by atoms with Crippen LogP contribution < -0.4 is 10.1 Å². The summed E-state index contributed by atoms with van der Waals surface area (Å²) in [7, 11) is 5.29. The molecule has 0 unspecified atom stereocenters. The van der Waals surface area contributed by atoms with Crippen molar-refractivity contribution in [3.8, 4) is 5.75 Å². The smallest absolute Gasteiger partial charge is 0.118 e. The molecule has 0 spiro atoms. The lowest BCUT2D eigenvalue weighted by molar-refractivity contribution is 0.104. The molecule has 14 heavy (non-hydrogen) atoms. The first-order valence-electron chi connectivity index (χ1n) is 4.63. The van der Waals surface area contributed by atoms with Crippen LogP contribution in [-0.4, -0.2) is 27.8 Å². The van der Waals surface area contributed by atoms with Crippen LogP contribution in [0.5, 0.6) is 5.75 Å². The van der Waals surface area contributed by atoms with Crippen LogP contribution in [0.4, 0.5) is 0 Å². The highest BCUT2D eigenvalue weighted by Crippen LogP contribution is 2.19. The van der Waals surface area contributed by atoms with Gasteiger partial charge in [-0.15, -0.1) is 0 Å². The van der Waals surface area contributed by atoms with Crippen molar-refractivity contribution < 1.29 is 9.47 Å². The number of ether oxygens (including phenoxy) is 2. The minimum atomic E-state index is 0.103. The van der Waals surface area contributed by atoms with Gasteiger partial charge in [-0.2, -0.15) is 0 Å². The standard InChI is InChI=1S/C11H17NO2/c1-12-8-11(14-3)9-4-6-10(13-2)7-5-9/h4-7,11-12H,8H2,1-3H3/t11-/m1/s1. The van der Waals surface area contributed by atoms with E-state index in [1.54, 1.807) is 14.2 Å². The maximum absolute atomic E-state index is 5.35. The zero-order valence-electron chi connectivity index (χ0n) is 8.91. The SMILES string of the molecule is CNC[C@@H](OC)c1ccc(OC)cc1. The van der Waals surface area contributed by atoms with Crippen molar-refractivity contribution >= 4 is 0 Å². The van der Waals surface area contributed by atoms with Gasteiger partial charge in [0.2, 0.25) is 0 Å². The van der Waals surface area contributed by atoms with Gasteiger partial charge in [-0.05, 0) is 24.7 Å². The molecule has 3 nitrogen and oxygen atoms in total. The van der Waals surface area contributed by atoms with Gasteiger partial charge in [0.05, 0.1) is 13.2 Å². The summed E-state index contributed by atoms with van der Waals surface area (Å²) >= 11 is 0. The largest absolute Gasteiger partial charge is 0.497 e. The van der Waals surface area contributed by atoms with Crippen LogP contribution in [-0.2, 0) is 4.74 Å². The summed E-state index contributed by atoms with van der Waals surface area (Å²) in [5, 5.41) is 3.09. The predicted octanol–water partition coefficient (Wildman–Crippen LogP) is 1.60. The zero-order chi connectivity index (χ0) is 10.4. The highest BCUT2D eigenvalue weighted by Gasteiger charge is 2.08. The van der Waals surface area contributed by atoms with E-state index >= 15 is 0 Å². The van der Waals surface area contributed by atoms with E-state index < -0.39 is 0 Å². The monoisotopic (exact) mass is 195 g/mol. The second kappa shape index (κ2) is 5.62. The van der Waals surface area contributed by atoms with Crippen LogP contribution in [0.25, 0.3) is 0 Å². The minimum absolute atomic E-state index is 0.103. The highest BCUT2D eigenvalue weighted by atomic mass is 16.5. The molecule has 0 saturated heterocycles. The van der Waals surface area contributed by atoms with Crippen molar-refractivity contribution in [3.63, 3.8) is 0 Å². The van der Waals surface area contributed by atoms with Gasteiger partial charge in [-0.25, -0.2) is 0 Å². The first kappa shape index (κ1) is 11.0. The third-order valence-corrected chi connectivity index (χ3v) is 2.16. The van der Waals surface area contributed by atoms with Crippen molar-refractivity contribution in [2.75, 3.05) is 27.8 Å². The molecule has 1 aromatic carbocycles. The molecule has 0 aliphatic heterocycles. The molecule has 0 aliphatic rings. The Morgan fingerprint density at radius 2 is 1.86 bits per heavy atom. The van der Waals surface area contributed by atoms with E-state index in [1.807, 2.05) is 31.3 Å². The normalized spacial score (nSPS) is 12.5. The van der Waals surface area contributed by atoms with Crippen molar-refractivity contribution in [2.24, 2.45) is 0 Å². The Kier molecular flexibility index (Phi) is 4.43. The minimum Gasteiger partial charge on any atom is -0.497 e. The molecule has 1 atom stereocenters. The molecule has 0 amide bonds. The first-order valence-corrected chi connectivity index (χ1v) is 4.63. The zero-order valence-corrected chi connectivity index (χ0v) is 8.91. The number of hydrogen-bond donors (Lipinski definition) is 1. The van der Waals surface area contributed by atoms with Gasteiger partial charge in [-0.3, -0.25) is 0 Å². The Morgan fingerprint density at radius 1 is 1.21 bits per heavy atom. The first-order chi connectivity index (χ1) is 6.81. The Balaban J connectivity index is 2.73. The molecule has 0 bridgehead atoms. The number of hydrogen-bond acceptors (Lipinski definition) is 3. The number of methoxy groups -OCH3 is 2. The molecule has 1 rings (SSSR count). The van der Waals surface area contributed by atoms with E-state index in [2.05, 4.69) is 5.32 Å². The lowest BCUT2D eigenvalue weighted by Crippen LogP contribution is -2.18. The van der Waals surface area contributed by atoms with Gasteiger partial charge in [0.1, 0.15) is 5.75 Å². The van der Waals surface area contributed by atoms with Crippen molar-refractivity contribution in [1.29, 1.82) is 0 Å². The Hall–Kier alpha value is -1.06. The summed E-state index contributed by atoms with van der Waals surface area (Å²) in [5.74, 6) is 0.869. The van der Waals surface area contributed by atoms with E-state index in [0.29, 0.717) is 0 Å². The average Bonchev–Trinajstić information content (AvgIpc) is 2.26. The second-order valence-corrected chi connectivity index (χ2v) is 3.06. The molecular weight excluding hydrogens is 178 g/mol. The van der Waals surface area contributed by atoms with E-state index in [1.165, 1.54) is 0 Å².